The fraction of sp³-hybridized carbons (Fsp3) is 0.333. The predicted molar refractivity (Wildman–Crippen MR) is 140 cm³/mol. The number of rotatable bonds is 10. The molecular weight excluding hydrogens is 474 g/mol. The highest BCUT2D eigenvalue weighted by Gasteiger charge is 2.24. The summed E-state index contributed by atoms with van der Waals surface area (Å²) < 4.78 is 18.0. The summed E-state index contributed by atoms with van der Waals surface area (Å²) >= 11 is 0. The Morgan fingerprint density at radius 3 is 2.70 bits per heavy atom. The molecule has 0 aliphatic rings. The number of carbonyl (C=O) groups is 1. The van der Waals surface area contributed by atoms with Crippen LogP contribution in [0.1, 0.15) is 43.9 Å². The van der Waals surface area contributed by atoms with Gasteiger partial charge in [-0.1, -0.05) is 19.4 Å². The number of methoxy groups -OCH3 is 2. The zero-order valence-electron chi connectivity index (χ0n) is 21.4. The molecule has 0 spiro atoms. The van der Waals surface area contributed by atoms with Gasteiger partial charge < -0.3 is 19.2 Å². The molecule has 194 valence electrons. The number of anilines is 1. The minimum absolute atomic E-state index is 0.142. The molecule has 0 fully saturated rings. The largest absolute Gasteiger partial charge is 0.497 e. The summed E-state index contributed by atoms with van der Waals surface area (Å²) in [5.41, 5.74) is 2.28. The average Bonchev–Trinajstić information content (AvgIpc) is 3.26. The Bertz CT molecular complexity index is 1420. The first-order chi connectivity index (χ1) is 18.0. The lowest BCUT2D eigenvalue weighted by atomic mass is 10.1. The molecule has 10 heteroatoms. The normalized spacial score (nSPS) is 11.8. The standard InChI is InChI=1S/C27H31N5O5/c1-5-6-14-37-27(34)31(17-20-9-10-21(35-3)15-23(20)36-4)24-12-11-22-25(30-24)32(26(33)29-22)18(2)19-8-7-13-28-16-19/h7-13,15-16,18H,5-6,14,17H2,1-4H3,(H,29,33). The molecule has 1 amide bonds. The van der Waals surface area contributed by atoms with E-state index in [4.69, 9.17) is 19.2 Å². The van der Waals surface area contributed by atoms with Crippen molar-refractivity contribution in [3.05, 3.63) is 76.5 Å². The molecule has 0 saturated heterocycles. The second kappa shape index (κ2) is 11.6. The van der Waals surface area contributed by atoms with E-state index in [0.29, 0.717) is 35.1 Å². The summed E-state index contributed by atoms with van der Waals surface area (Å²) in [6, 6.07) is 12.2. The SMILES string of the molecule is CCCCOC(=O)N(Cc1ccc(OC)cc1OC)c1ccc2[nH]c(=O)n(C(C)c3cccnc3)c2n1. The number of ether oxygens (including phenoxy) is 3. The third-order valence-corrected chi connectivity index (χ3v) is 6.15. The zero-order valence-corrected chi connectivity index (χ0v) is 21.4. The lowest BCUT2D eigenvalue weighted by Crippen LogP contribution is -2.32. The maximum absolute atomic E-state index is 13.2. The molecule has 3 heterocycles. The highest BCUT2D eigenvalue weighted by molar-refractivity contribution is 5.88. The fourth-order valence-electron chi connectivity index (χ4n) is 4.05. The predicted octanol–water partition coefficient (Wildman–Crippen LogP) is 4.69. The summed E-state index contributed by atoms with van der Waals surface area (Å²) in [6.07, 6.45) is 4.50. The molecule has 1 N–H and O–H groups in total. The van der Waals surface area contributed by atoms with E-state index in [2.05, 4.69) is 9.97 Å². The molecule has 10 nitrogen and oxygen atoms in total. The summed E-state index contributed by atoms with van der Waals surface area (Å²) in [5.74, 6) is 1.55. The van der Waals surface area contributed by atoms with Crippen LogP contribution in [0.4, 0.5) is 10.6 Å². The average molecular weight is 506 g/mol. The third-order valence-electron chi connectivity index (χ3n) is 6.15. The van der Waals surface area contributed by atoms with Gasteiger partial charge in [-0.05, 0) is 49.2 Å². The van der Waals surface area contributed by atoms with E-state index in [1.54, 1.807) is 55.4 Å². The number of nitrogens with zero attached hydrogens (tertiary/aromatic N) is 4. The number of benzene rings is 1. The van der Waals surface area contributed by atoms with Crippen molar-refractivity contribution in [3.8, 4) is 11.5 Å². The highest BCUT2D eigenvalue weighted by atomic mass is 16.6. The Labute approximate surface area is 214 Å². The molecule has 1 aromatic carbocycles. The van der Waals surface area contributed by atoms with Crippen LogP contribution in [0.2, 0.25) is 0 Å². The summed E-state index contributed by atoms with van der Waals surface area (Å²) in [4.78, 5) is 39.3. The van der Waals surface area contributed by atoms with Gasteiger partial charge in [-0.2, -0.15) is 0 Å². The quantitative estimate of drug-likeness (QED) is 0.311. The number of aromatic amines is 1. The van der Waals surface area contributed by atoms with Gasteiger partial charge in [-0.3, -0.25) is 14.5 Å². The van der Waals surface area contributed by atoms with Crippen LogP contribution in [0.5, 0.6) is 11.5 Å². The van der Waals surface area contributed by atoms with Crippen LogP contribution in [0.15, 0.2) is 59.7 Å². The van der Waals surface area contributed by atoms with Crippen LogP contribution in [0, 0.1) is 0 Å². The number of hydrogen-bond donors (Lipinski definition) is 1. The smallest absolute Gasteiger partial charge is 0.415 e. The summed E-state index contributed by atoms with van der Waals surface area (Å²) in [5, 5.41) is 0. The van der Waals surface area contributed by atoms with Crippen molar-refractivity contribution >= 4 is 23.1 Å². The van der Waals surface area contributed by atoms with Gasteiger partial charge in [0.2, 0.25) is 0 Å². The minimum Gasteiger partial charge on any atom is -0.497 e. The molecule has 1 unspecified atom stereocenters. The fourth-order valence-corrected chi connectivity index (χ4v) is 4.05. The Morgan fingerprint density at radius 2 is 2.00 bits per heavy atom. The second-order valence-corrected chi connectivity index (χ2v) is 8.53. The Hall–Kier alpha value is -4.34. The van der Waals surface area contributed by atoms with Crippen LogP contribution in [-0.4, -0.2) is 46.4 Å². The van der Waals surface area contributed by atoms with Crippen molar-refractivity contribution in [1.82, 2.24) is 19.5 Å². The monoisotopic (exact) mass is 505 g/mol. The third kappa shape index (κ3) is 5.58. The Kier molecular flexibility index (Phi) is 8.07. The van der Waals surface area contributed by atoms with E-state index < -0.39 is 6.09 Å². The lowest BCUT2D eigenvalue weighted by Gasteiger charge is -2.23. The Morgan fingerprint density at radius 1 is 1.16 bits per heavy atom. The first kappa shape index (κ1) is 25.7. The molecule has 0 radical (unpaired) electrons. The van der Waals surface area contributed by atoms with E-state index >= 15 is 0 Å². The number of fused-ring (bicyclic) bond motifs is 1. The molecule has 4 aromatic rings. The number of hydrogen-bond acceptors (Lipinski definition) is 7. The van der Waals surface area contributed by atoms with Crippen LogP contribution in [-0.2, 0) is 11.3 Å². The van der Waals surface area contributed by atoms with Gasteiger partial charge in [-0.25, -0.2) is 14.6 Å². The van der Waals surface area contributed by atoms with Crippen LogP contribution in [0.3, 0.4) is 0 Å². The van der Waals surface area contributed by atoms with Crippen molar-refractivity contribution in [2.45, 2.75) is 39.3 Å². The number of carbonyl (C=O) groups excluding carboxylic acids is 1. The molecule has 0 bridgehead atoms. The van der Waals surface area contributed by atoms with Crippen molar-refractivity contribution < 1.29 is 19.0 Å². The summed E-state index contributed by atoms with van der Waals surface area (Å²) in [6.45, 7) is 4.36. The molecular formula is C27H31N5O5. The van der Waals surface area contributed by atoms with Gasteiger partial charge in [0, 0.05) is 24.0 Å². The van der Waals surface area contributed by atoms with Crippen LogP contribution < -0.4 is 20.1 Å². The molecule has 0 aliphatic heterocycles. The lowest BCUT2D eigenvalue weighted by molar-refractivity contribution is 0.151. The van der Waals surface area contributed by atoms with E-state index in [-0.39, 0.29) is 18.3 Å². The molecule has 3 aromatic heterocycles. The number of unbranched alkanes of at least 4 members (excludes halogenated alkanes) is 1. The van der Waals surface area contributed by atoms with Crippen LogP contribution >= 0.6 is 0 Å². The van der Waals surface area contributed by atoms with Crippen molar-refractivity contribution in [1.29, 1.82) is 0 Å². The maximum atomic E-state index is 13.2. The molecule has 37 heavy (non-hydrogen) atoms. The van der Waals surface area contributed by atoms with Crippen molar-refractivity contribution in [3.63, 3.8) is 0 Å². The van der Waals surface area contributed by atoms with Gasteiger partial charge in [0.15, 0.2) is 5.65 Å². The highest BCUT2D eigenvalue weighted by Crippen LogP contribution is 2.29. The number of amides is 1. The zero-order chi connectivity index (χ0) is 26.4. The van der Waals surface area contributed by atoms with Crippen molar-refractivity contribution in [2.24, 2.45) is 0 Å². The number of imidazole rings is 1. The first-order valence-electron chi connectivity index (χ1n) is 12.1. The van der Waals surface area contributed by atoms with E-state index in [0.717, 1.165) is 24.0 Å². The van der Waals surface area contributed by atoms with E-state index in [1.165, 1.54) is 4.90 Å². The molecule has 0 aliphatic carbocycles. The number of pyridine rings is 2. The van der Waals surface area contributed by atoms with Crippen molar-refractivity contribution in [2.75, 3.05) is 25.7 Å². The van der Waals surface area contributed by atoms with Gasteiger partial charge in [0.25, 0.3) is 0 Å². The molecule has 4 rings (SSSR count). The topological polar surface area (TPSA) is 112 Å². The summed E-state index contributed by atoms with van der Waals surface area (Å²) in [7, 11) is 3.14. The molecule has 0 saturated carbocycles. The minimum atomic E-state index is -0.539. The van der Waals surface area contributed by atoms with Gasteiger partial charge >= 0.3 is 11.8 Å². The van der Waals surface area contributed by atoms with Gasteiger partial charge in [0.05, 0.1) is 38.9 Å². The van der Waals surface area contributed by atoms with E-state index in [9.17, 15) is 9.59 Å². The maximum Gasteiger partial charge on any atom is 0.415 e. The van der Waals surface area contributed by atoms with Crippen LogP contribution in [0.25, 0.3) is 11.2 Å². The van der Waals surface area contributed by atoms with E-state index in [1.807, 2.05) is 32.0 Å². The van der Waals surface area contributed by atoms with Gasteiger partial charge in [0.1, 0.15) is 17.3 Å². The number of H-pyrrole nitrogens is 1. The number of aromatic nitrogens is 4. The second-order valence-electron chi connectivity index (χ2n) is 8.53. The molecule has 1 atom stereocenters. The Balaban J connectivity index is 1.77. The van der Waals surface area contributed by atoms with Gasteiger partial charge in [-0.15, -0.1) is 0 Å². The number of nitrogens with one attached hydrogen (secondary N) is 1. The first-order valence-corrected chi connectivity index (χ1v) is 12.1.